The van der Waals surface area contributed by atoms with Crippen LogP contribution in [0.3, 0.4) is 0 Å². The first-order valence-electron chi connectivity index (χ1n) is 6.36. The topological polar surface area (TPSA) is 63.7 Å². The van der Waals surface area contributed by atoms with Gasteiger partial charge in [0.25, 0.3) is 0 Å². The quantitative estimate of drug-likeness (QED) is 0.836. The van der Waals surface area contributed by atoms with Gasteiger partial charge in [0, 0.05) is 35.4 Å². The normalized spacial score (nSPS) is 18.1. The van der Waals surface area contributed by atoms with E-state index >= 15 is 0 Å². The summed E-state index contributed by atoms with van der Waals surface area (Å²) in [5.74, 6) is 1.47. The van der Waals surface area contributed by atoms with Crippen molar-refractivity contribution in [3.05, 3.63) is 23.3 Å². The van der Waals surface area contributed by atoms with Crippen LogP contribution in [0, 0.1) is 13.8 Å². The van der Waals surface area contributed by atoms with Crippen molar-refractivity contribution in [1.29, 1.82) is 0 Å². The van der Waals surface area contributed by atoms with Crippen molar-refractivity contribution in [3.63, 3.8) is 0 Å². The molecule has 1 aliphatic rings. The van der Waals surface area contributed by atoms with Gasteiger partial charge in [-0.1, -0.05) is 0 Å². The van der Waals surface area contributed by atoms with Gasteiger partial charge in [-0.3, -0.25) is 4.21 Å². The molecule has 1 heterocycles. The van der Waals surface area contributed by atoms with Gasteiger partial charge in [-0.2, -0.15) is 4.31 Å². The zero-order valence-electron chi connectivity index (χ0n) is 11.9. The summed E-state index contributed by atoms with van der Waals surface area (Å²) in [7, 11) is -2.86. The number of hydrogen-bond acceptors (Lipinski definition) is 4. The number of methoxy groups -OCH3 is 1. The molecule has 112 valence electrons. The second-order valence-corrected chi connectivity index (χ2v) is 8.41. The summed E-state index contributed by atoms with van der Waals surface area (Å²) in [5.41, 5.74) is 1.35. The fourth-order valence-corrected chi connectivity index (χ4v) is 5.56. The predicted octanol–water partition coefficient (Wildman–Crippen LogP) is 1.07. The summed E-state index contributed by atoms with van der Waals surface area (Å²) in [6.45, 7) is 4.18. The molecule has 0 spiro atoms. The molecule has 1 aromatic rings. The largest absolute Gasteiger partial charge is 0.497 e. The Hall–Kier alpha value is -0.920. The van der Waals surface area contributed by atoms with Crippen molar-refractivity contribution in [3.8, 4) is 5.75 Å². The van der Waals surface area contributed by atoms with Crippen LogP contribution in [-0.2, 0) is 20.8 Å². The van der Waals surface area contributed by atoms with Crippen molar-refractivity contribution < 1.29 is 17.4 Å². The zero-order chi connectivity index (χ0) is 14.9. The number of hydrogen-bond donors (Lipinski definition) is 0. The van der Waals surface area contributed by atoms with Crippen molar-refractivity contribution in [2.45, 2.75) is 18.7 Å². The van der Waals surface area contributed by atoms with E-state index in [9.17, 15) is 12.6 Å². The van der Waals surface area contributed by atoms with E-state index in [0.29, 0.717) is 46.4 Å². The lowest BCUT2D eigenvalue weighted by molar-refractivity contribution is 0.413. The van der Waals surface area contributed by atoms with E-state index in [-0.39, 0.29) is 0 Å². The highest BCUT2D eigenvalue weighted by Crippen LogP contribution is 2.28. The van der Waals surface area contributed by atoms with Crippen molar-refractivity contribution in [1.82, 2.24) is 4.31 Å². The Kier molecular flexibility index (Phi) is 4.51. The van der Waals surface area contributed by atoms with Crippen LogP contribution in [0.1, 0.15) is 11.1 Å². The molecular weight excluding hydrogens is 298 g/mol. The van der Waals surface area contributed by atoms with Crippen molar-refractivity contribution >= 4 is 20.8 Å². The van der Waals surface area contributed by atoms with E-state index in [1.54, 1.807) is 33.1 Å². The minimum Gasteiger partial charge on any atom is -0.497 e. The zero-order valence-corrected chi connectivity index (χ0v) is 13.5. The second-order valence-electron chi connectivity index (χ2n) is 4.84. The van der Waals surface area contributed by atoms with Gasteiger partial charge < -0.3 is 4.74 Å². The predicted molar refractivity (Wildman–Crippen MR) is 79.1 cm³/mol. The van der Waals surface area contributed by atoms with Crippen LogP contribution in [0.2, 0.25) is 0 Å². The monoisotopic (exact) mass is 317 g/mol. The van der Waals surface area contributed by atoms with Crippen LogP contribution in [0.5, 0.6) is 5.75 Å². The van der Waals surface area contributed by atoms with E-state index in [0.717, 1.165) is 0 Å². The van der Waals surface area contributed by atoms with Crippen LogP contribution < -0.4 is 4.74 Å². The third-order valence-electron chi connectivity index (χ3n) is 3.40. The maximum atomic E-state index is 12.7. The van der Waals surface area contributed by atoms with Gasteiger partial charge in [0.1, 0.15) is 5.75 Å². The summed E-state index contributed by atoms with van der Waals surface area (Å²) in [6.07, 6.45) is 0. The van der Waals surface area contributed by atoms with Gasteiger partial charge >= 0.3 is 0 Å². The molecule has 0 atom stereocenters. The minimum absolute atomic E-state index is 0.319. The molecule has 0 amide bonds. The van der Waals surface area contributed by atoms with E-state index in [1.165, 1.54) is 4.31 Å². The van der Waals surface area contributed by atoms with Crippen molar-refractivity contribution in [2.75, 3.05) is 31.7 Å². The molecule has 0 unspecified atom stereocenters. The lowest BCUT2D eigenvalue weighted by atomic mass is 10.1. The van der Waals surface area contributed by atoms with Gasteiger partial charge in [0.2, 0.25) is 10.0 Å². The van der Waals surface area contributed by atoms with Crippen molar-refractivity contribution in [2.24, 2.45) is 0 Å². The number of ether oxygens (including phenoxy) is 1. The highest BCUT2D eigenvalue weighted by atomic mass is 32.2. The molecule has 0 aromatic heterocycles. The molecule has 1 aliphatic heterocycles. The summed E-state index contributed by atoms with van der Waals surface area (Å²) in [6, 6.07) is 3.45. The highest BCUT2D eigenvalue weighted by Gasteiger charge is 2.30. The van der Waals surface area contributed by atoms with Crippen LogP contribution in [0.25, 0.3) is 0 Å². The van der Waals surface area contributed by atoms with Crippen LogP contribution in [-0.4, -0.2) is 48.6 Å². The Morgan fingerprint density at radius 1 is 1.15 bits per heavy atom. The fourth-order valence-electron chi connectivity index (χ4n) is 2.43. The molecule has 7 heteroatoms. The third-order valence-corrected chi connectivity index (χ3v) is 6.88. The average molecular weight is 317 g/mol. The summed E-state index contributed by atoms with van der Waals surface area (Å²) in [4.78, 5) is 0.339. The molecule has 2 rings (SSSR count). The van der Waals surface area contributed by atoms with Crippen LogP contribution in [0.15, 0.2) is 17.0 Å². The maximum absolute atomic E-state index is 12.7. The number of sulfonamides is 1. The number of benzene rings is 1. The first-order valence-corrected chi connectivity index (χ1v) is 9.29. The lowest BCUT2D eigenvalue weighted by Crippen LogP contribution is -2.42. The molecule has 0 saturated carbocycles. The molecule has 1 saturated heterocycles. The van der Waals surface area contributed by atoms with Crippen LogP contribution in [0.4, 0.5) is 0 Å². The molecule has 0 radical (unpaired) electrons. The Bertz CT molecular complexity index is 607. The van der Waals surface area contributed by atoms with Gasteiger partial charge in [0.15, 0.2) is 0 Å². The highest BCUT2D eigenvalue weighted by molar-refractivity contribution is 7.89. The van der Waals surface area contributed by atoms with E-state index in [1.807, 2.05) is 0 Å². The smallest absolute Gasteiger partial charge is 0.243 e. The lowest BCUT2D eigenvalue weighted by Gasteiger charge is -2.27. The second kappa shape index (κ2) is 5.83. The maximum Gasteiger partial charge on any atom is 0.243 e. The summed E-state index contributed by atoms with van der Waals surface area (Å²) < 4.78 is 43.4. The minimum atomic E-state index is -3.53. The van der Waals surface area contributed by atoms with Crippen LogP contribution >= 0.6 is 0 Å². The van der Waals surface area contributed by atoms with Gasteiger partial charge in [-0.25, -0.2) is 8.42 Å². The standard InChI is InChI=1S/C13H19NO4S2/c1-10-8-12(18-3)9-11(2)13(10)20(16,17)14-4-6-19(15)7-5-14/h8-9H,4-7H2,1-3H3. The first kappa shape index (κ1) is 15.5. The molecule has 5 nitrogen and oxygen atoms in total. The molecule has 0 N–H and O–H groups in total. The van der Waals surface area contributed by atoms with E-state index < -0.39 is 20.8 Å². The Labute approximate surface area is 122 Å². The molecule has 0 bridgehead atoms. The van der Waals surface area contributed by atoms with Gasteiger partial charge in [-0.05, 0) is 37.1 Å². The first-order chi connectivity index (χ1) is 9.36. The Balaban J connectivity index is 2.42. The van der Waals surface area contributed by atoms with E-state index in [4.69, 9.17) is 4.74 Å². The SMILES string of the molecule is COc1cc(C)c(S(=O)(=O)N2CCS(=O)CC2)c(C)c1. The number of aryl methyl sites for hydroxylation is 2. The number of rotatable bonds is 3. The fraction of sp³-hybridized carbons (Fsp3) is 0.538. The van der Waals surface area contributed by atoms with Gasteiger partial charge in [-0.15, -0.1) is 0 Å². The molecule has 20 heavy (non-hydrogen) atoms. The number of nitrogens with zero attached hydrogens (tertiary/aromatic N) is 1. The molecule has 1 aromatic carbocycles. The molecule has 0 aliphatic carbocycles. The van der Waals surface area contributed by atoms with E-state index in [2.05, 4.69) is 0 Å². The third kappa shape index (κ3) is 2.89. The van der Waals surface area contributed by atoms with Gasteiger partial charge in [0.05, 0.1) is 12.0 Å². The Morgan fingerprint density at radius 2 is 1.65 bits per heavy atom. The average Bonchev–Trinajstić information content (AvgIpc) is 2.37. The molecular formula is C13H19NO4S2. The molecule has 1 fully saturated rings. The Morgan fingerprint density at radius 3 is 2.10 bits per heavy atom. The summed E-state index contributed by atoms with van der Waals surface area (Å²) in [5, 5.41) is 0. The summed E-state index contributed by atoms with van der Waals surface area (Å²) >= 11 is 0.